The molecule has 2 rings (SSSR count). The van der Waals surface area contributed by atoms with Crippen LogP contribution in [0, 0.1) is 11.6 Å². The number of hydrogen-bond donors (Lipinski definition) is 0. The first kappa shape index (κ1) is 15.1. The largest absolute Gasteiger partial charge is 0.359 e. The highest BCUT2D eigenvalue weighted by Gasteiger charge is 2.20. The molecule has 0 aromatic carbocycles. The minimum atomic E-state index is -0.993. The van der Waals surface area contributed by atoms with E-state index in [-0.39, 0.29) is 12.5 Å². The molecule has 0 aliphatic heterocycles. The number of amides is 1. The zero-order chi connectivity index (χ0) is 15.6. The Balaban J connectivity index is 2.11. The van der Waals surface area contributed by atoms with Crippen LogP contribution >= 0.6 is 0 Å². The predicted molar refractivity (Wildman–Crippen MR) is 70.5 cm³/mol. The molecule has 0 saturated carbocycles. The number of aromatic nitrogens is 2. The van der Waals surface area contributed by atoms with Gasteiger partial charge in [0.15, 0.2) is 17.3 Å². The lowest BCUT2D eigenvalue weighted by Gasteiger charge is -2.14. The topological polar surface area (TPSA) is 59.2 Å². The van der Waals surface area contributed by atoms with Crippen molar-refractivity contribution in [2.24, 2.45) is 0 Å². The van der Waals surface area contributed by atoms with Crippen molar-refractivity contribution < 1.29 is 18.1 Å². The Hall–Kier alpha value is -2.31. The van der Waals surface area contributed by atoms with E-state index in [0.29, 0.717) is 11.8 Å². The molecule has 2 heterocycles. The maximum Gasteiger partial charge on any atom is 0.275 e. The monoisotopic (exact) mass is 295 g/mol. The second-order valence-corrected chi connectivity index (χ2v) is 5.02. The van der Waals surface area contributed by atoms with Crippen molar-refractivity contribution in [1.29, 1.82) is 0 Å². The number of hydrogen-bond acceptors (Lipinski definition) is 4. The second kappa shape index (κ2) is 5.99. The maximum absolute atomic E-state index is 13.5. The molecule has 0 aliphatic rings. The van der Waals surface area contributed by atoms with Gasteiger partial charge in [-0.1, -0.05) is 19.0 Å². The lowest BCUT2D eigenvalue weighted by molar-refractivity contribution is 0.0761. The normalized spacial score (nSPS) is 11.0. The number of halogens is 2. The molecule has 0 unspecified atom stereocenters. The first-order valence-corrected chi connectivity index (χ1v) is 6.40. The summed E-state index contributed by atoms with van der Waals surface area (Å²) in [6.45, 7) is 4.06. The van der Waals surface area contributed by atoms with Crippen LogP contribution in [-0.2, 0) is 6.54 Å². The molecule has 2 aromatic heterocycles. The van der Waals surface area contributed by atoms with Gasteiger partial charge in [-0.15, -0.1) is 0 Å². The molecule has 0 radical (unpaired) electrons. The summed E-state index contributed by atoms with van der Waals surface area (Å²) in [6.07, 6.45) is 0.801. The smallest absolute Gasteiger partial charge is 0.275 e. The van der Waals surface area contributed by atoms with Gasteiger partial charge in [0.05, 0.1) is 18.4 Å². The van der Waals surface area contributed by atoms with E-state index in [1.165, 1.54) is 11.9 Å². The summed E-state index contributed by atoms with van der Waals surface area (Å²) in [4.78, 5) is 16.8. The van der Waals surface area contributed by atoms with Crippen molar-refractivity contribution in [3.63, 3.8) is 0 Å². The fourth-order valence-electron chi connectivity index (χ4n) is 1.73. The number of carbonyl (C=O) groups excluding carboxylic acids is 1. The van der Waals surface area contributed by atoms with Gasteiger partial charge in [0.25, 0.3) is 5.91 Å². The van der Waals surface area contributed by atoms with Crippen LogP contribution in [0.1, 0.15) is 41.7 Å². The lowest BCUT2D eigenvalue weighted by Crippen LogP contribution is -2.27. The van der Waals surface area contributed by atoms with Crippen LogP contribution in [-0.4, -0.2) is 28.0 Å². The van der Waals surface area contributed by atoms with Crippen LogP contribution in [0.15, 0.2) is 22.9 Å². The molecule has 1 amide bonds. The molecule has 0 bridgehead atoms. The van der Waals surface area contributed by atoms with E-state index in [0.717, 1.165) is 11.9 Å². The lowest BCUT2D eigenvalue weighted by atomic mass is 10.1. The molecule has 0 saturated heterocycles. The predicted octanol–water partition coefficient (Wildman–Crippen LogP) is 2.74. The molecule has 0 spiro atoms. The summed E-state index contributed by atoms with van der Waals surface area (Å²) in [5, 5.41) is 3.88. The highest BCUT2D eigenvalue weighted by molar-refractivity contribution is 5.92. The van der Waals surface area contributed by atoms with Crippen LogP contribution in [0.3, 0.4) is 0 Å². The Kier molecular flexibility index (Phi) is 4.30. The quantitative estimate of drug-likeness (QED) is 0.870. The van der Waals surface area contributed by atoms with Gasteiger partial charge in [0, 0.05) is 19.2 Å². The third-order valence-electron chi connectivity index (χ3n) is 2.92. The van der Waals surface area contributed by atoms with Crippen molar-refractivity contribution in [3.8, 4) is 0 Å². The van der Waals surface area contributed by atoms with Crippen LogP contribution in [0.4, 0.5) is 8.78 Å². The van der Waals surface area contributed by atoms with E-state index >= 15 is 0 Å². The Morgan fingerprint density at radius 2 is 2.10 bits per heavy atom. The summed E-state index contributed by atoms with van der Waals surface area (Å²) < 4.78 is 31.4. The summed E-state index contributed by atoms with van der Waals surface area (Å²) in [5.74, 6) is -1.79. The Morgan fingerprint density at radius 1 is 1.38 bits per heavy atom. The Bertz CT molecular complexity index is 655. The molecule has 112 valence electrons. The Morgan fingerprint density at radius 3 is 2.67 bits per heavy atom. The molecular formula is C14H15F2N3O2. The fourth-order valence-corrected chi connectivity index (χ4v) is 1.73. The van der Waals surface area contributed by atoms with Crippen LogP contribution in [0.2, 0.25) is 0 Å². The van der Waals surface area contributed by atoms with E-state index in [2.05, 4.69) is 10.1 Å². The van der Waals surface area contributed by atoms with Gasteiger partial charge in [-0.25, -0.2) is 13.8 Å². The third-order valence-corrected chi connectivity index (χ3v) is 2.92. The van der Waals surface area contributed by atoms with Gasteiger partial charge in [-0.3, -0.25) is 4.79 Å². The molecule has 2 aromatic rings. The highest BCUT2D eigenvalue weighted by atomic mass is 19.1. The third kappa shape index (κ3) is 3.42. The zero-order valence-corrected chi connectivity index (χ0v) is 11.9. The van der Waals surface area contributed by atoms with E-state index in [9.17, 15) is 13.6 Å². The summed E-state index contributed by atoms with van der Waals surface area (Å²) in [6, 6.07) is 2.36. The first-order valence-electron chi connectivity index (χ1n) is 6.40. The average Bonchev–Trinajstić information content (AvgIpc) is 2.86. The number of nitrogens with zero attached hydrogens (tertiary/aromatic N) is 3. The van der Waals surface area contributed by atoms with Crippen molar-refractivity contribution in [2.45, 2.75) is 26.3 Å². The molecule has 0 atom stereocenters. The van der Waals surface area contributed by atoms with Gasteiger partial charge in [0.2, 0.25) is 0 Å². The molecule has 7 heteroatoms. The number of carbonyl (C=O) groups is 1. The molecule has 0 N–H and O–H groups in total. The molecule has 21 heavy (non-hydrogen) atoms. The van der Waals surface area contributed by atoms with Crippen LogP contribution in [0.5, 0.6) is 0 Å². The minimum Gasteiger partial charge on any atom is -0.359 e. The van der Waals surface area contributed by atoms with Gasteiger partial charge in [-0.2, -0.15) is 0 Å². The van der Waals surface area contributed by atoms with E-state index < -0.39 is 23.2 Å². The van der Waals surface area contributed by atoms with E-state index in [1.807, 2.05) is 13.8 Å². The summed E-state index contributed by atoms with van der Waals surface area (Å²) in [7, 11) is 1.48. The van der Waals surface area contributed by atoms with Crippen LogP contribution < -0.4 is 0 Å². The Labute approximate surface area is 120 Å². The van der Waals surface area contributed by atoms with Crippen molar-refractivity contribution in [1.82, 2.24) is 15.0 Å². The van der Waals surface area contributed by atoms with Crippen molar-refractivity contribution in [2.75, 3.05) is 7.05 Å². The van der Waals surface area contributed by atoms with E-state index in [4.69, 9.17) is 4.52 Å². The van der Waals surface area contributed by atoms with Crippen molar-refractivity contribution in [3.05, 3.63) is 47.1 Å². The van der Waals surface area contributed by atoms with Crippen LogP contribution in [0.25, 0.3) is 0 Å². The minimum absolute atomic E-state index is 0.122. The van der Waals surface area contributed by atoms with Gasteiger partial charge in [0.1, 0.15) is 5.82 Å². The first-order chi connectivity index (χ1) is 9.88. The molecule has 5 nitrogen and oxygen atoms in total. The number of rotatable bonds is 4. The zero-order valence-electron chi connectivity index (χ0n) is 11.9. The van der Waals surface area contributed by atoms with Crippen molar-refractivity contribution >= 4 is 5.91 Å². The fraction of sp³-hybridized carbons (Fsp3) is 0.357. The molecule has 0 aliphatic carbocycles. The van der Waals surface area contributed by atoms with Gasteiger partial charge < -0.3 is 9.42 Å². The average molecular weight is 295 g/mol. The molecule has 0 fully saturated rings. The summed E-state index contributed by atoms with van der Waals surface area (Å²) >= 11 is 0. The SMILES string of the molecule is CC(C)c1cc(CN(C)C(=O)c2ncc(F)cc2F)on1. The van der Waals surface area contributed by atoms with Gasteiger partial charge in [-0.05, 0) is 5.92 Å². The van der Waals surface area contributed by atoms with Gasteiger partial charge >= 0.3 is 0 Å². The molecular weight excluding hydrogens is 280 g/mol. The standard InChI is InChI=1S/C14H15F2N3O2/c1-8(2)12-5-10(21-18-12)7-19(3)14(20)13-11(16)4-9(15)6-17-13/h4-6,8H,7H2,1-3H3. The maximum atomic E-state index is 13.5. The van der Waals surface area contributed by atoms with E-state index in [1.54, 1.807) is 6.07 Å². The highest BCUT2D eigenvalue weighted by Crippen LogP contribution is 2.16. The summed E-state index contributed by atoms with van der Waals surface area (Å²) in [5.41, 5.74) is 0.347. The second-order valence-electron chi connectivity index (χ2n) is 5.02. The number of pyridine rings is 1.